The van der Waals surface area contributed by atoms with Crippen molar-refractivity contribution in [2.75, 3.05) is 0 Å². The predicted molar refractivity (Wildman–Crippen MR) is 103 cm³/mol. The van der Waals surface area contributed by atoms with Crippen molar-refractivity contribution in [1.29, 1.82) is 0 Å². The number of pyridine rings is 2. The van der Waals surface area contributed by atoms with E-state index in [-0.39, 0.29) is 11.1 Å². The molecule has 4 rings (SSSR count). The van der Waals surface area contributed by atoms with Gasteiger partial charge in [-0.25, -0.2) is 4.98 Å². The van der Waals surface area contributed by atoms with E-state index < -0.39 is 6.85 Å². The summed E-state index contributed by atoms with van der Waals surface area (Å²) < 4.78 is 28.7. The highest BCUT2D eigenvalue weighted by molar-refractivity contribution is 6.08. The first-order valence-corrected chi connectivity index (χ1v) is 8.40. The molecule has 0 unspecified atom stereocenters. The molecule has 0 N–H and O–H groups in total. The second kappa shape index (κ2) is 5.69. The van der Waals surface area contributed by atoms with E-state index >= 15 is 0 Å². The molecule has 3 nitrogen and oxygen atoms in total. The smallest absolute Gasteiger partial charge is 0.227 e. The summed E-state index contributed by atoms with van der Waals surface area (Å²) in [5.74, 6) is 0. The van der Waals surface area contributed by atoms with Gasteiger partial charge >= 0.3 is 0 Å². The number of benzene rings is 1. The fraction of sp³-hybridized carbons (Fsp3) is 0.273. The van der Waals surface area contributed by atoms with E-state index in [0.29, 0.717) is 11.3 Å². The zero-order valence-electron chi connectivity index (χ0n) is 17.6. The molecule has 0 aliphatic rings. The second-order valence-corrected chi connectivity index (χ2v) is 7.62. The van der Waals surface area contributed by atoms with Gasteiger partial charge in [-0.15, -0.1) is 0 Å². The van der Waals surface area contributed by atoms with E-state index in [1.54, 1.807) is 12.1 Å². The molecule has 25 heavy (non-hydrogen) atoms. The Morgan fingerprint density at radius 2 is 1.96 bits per heavy atom. The molecule has 3 heterocycles. The first-order chi connectivity index (χ1) is 13.1. The maximum absolute atomic E-state index is 7.57. The lowest BCUT2D eigenvalue weighted by atomic mass is 9.88. The van der Waals surface area contributed by atoms with Crippen molar-refractivity contribution in [3.63, 3.8) is 0 Å². The molecule has 0 fully saturated rings. The molecule has 4 aromatic rings. The van der Waals surface area contributed by atoms with Gasteiger partial charge in [0.15, 0.2) is 0 Å². The van der Waals surface area contributed by atoms with E-state index in [2.05, 4.69) is 36.8 Å². The Morgan fingerprint density at radius 3 is 2.76 bits per heavy atom. The van der Waals surface area contributed by atoms with Crippen LogP contribution in [0.5, 0.6) is 0 Å². The van der Waals surface area contributed by atoms with Crippen LogP contribution in [0.4, 0.5) is 0 Å². The van der Waals surface area contributed by atoms with Gasteiger partial charge in [-0.3, -0.25) is 4.98 Å². The molecule has 0 saturated heterocycles. The van der Waals surface area contributed by atoms with Crippen LogP contribution in [0, 0.1) is 12.3 Å². The molecule has 1 aromatic carbocycles. The number of hydrogen-bond acceptors (Lipinski definition) is 3. The van der Waals surface area contributed by atoms with Crippen molar-refractivity contribution < 1.29 is 8.53 Å². The molecule has 0 atom stereocenters. The van der Waals surface area contributed by atoms with E-state index in [0.717, 1.165) is 28.5 Å². The van der Waals surface area contributed by atoms with E-state index in [4.69, 9.17) is 8.53 Å². The number of hydrogen-bond donors (Lipinski definition) is 0. The Labute approximate surface area is 151 Å². The maximum atomic E-state index is 7.57. The van der Waals surface area contributed by atoms with Gasteiger partial charge in [-0.05, 0) is 54.6 Å². The van der Waals surface area contributed by atoms with Crippen LogP contribution in [0.2, 0.25) is 0 Å². The summed E-state index contributed by atoms with van der Waals surface area (Å²) in [5, 5.41) is 1.70. The summed E-state index contributed by atoms with van der Waals surface area (Å²) in [5.41, 5.74) is 4.15. The third kappa shape index (κ3) is 3.02. The number of aryl methyl sites for hydroxylation is 1. The minimum atomic E-state index is -2.27. The molecule has 3 heteroatoms. The van der Waals surface area contributed by atoms with Gasteiger partial charge < -0.3 is 4.42 Å². The average molecular weight is 333 g/mol. The number of aromatic nitrogens is 2. The van der Waals surface area contributed by atoms with E-state index in [1.807, 2.05) is 30.5 Å². The van der Waals surface area contributed by atoms with Crippen LogP contribution in [0.25, 0.3) is 33.3 Å². The lowest BCUT2D eigenvalue weighted by Crippen LogP contribution is -2.09. The minimum absolute atomic E-state index is 0.0332. The summed E-state index contributed by atoms with van der Waals surface area (Å²) in [7, 11) is 0. The predicted octanol–water partition coefficient (Wildman–Crippen LogP) is 5.94. The van der Waals surface area contributed by atoms with Crippen LogP contribution in [0.1, 0.15) is 36.1 Å². The van der Waals surface area contributed by atoms with Crippen LogP contribution in [-0.2, 0) is 6.42 Å². The molecular weight excluding hydrogens is 308 g/mol. The lowest BCUT2D eigenvalue weighted by molar-refractivity contribution is 0.411. The van der Waals surface area contributed by atoms with Gasteiger partial charge in [0, 0.05) is 32.3 Å². The number of rotatable bonds is 2. The Bertz CT molecular complexity index is 1170. The summed E-state index contributed by atoms with van der Waals surface area (Å²) in [4.78, 5) is 8.78. The van der Waals surface area contributed by atoms with Gasteiger partial charge in [0.1, 0.15) is 5.58 Å². The third-order valence-electron chi connectivity index (χ3n) is 4.20. The topological polar surface area (TPSA) is 38.9 Å². The van der Waals surface area contributed by atoms with Crippen molar-refractivity contribution in [2.24, 2.45) is 5.41 Å². The standard InChI is InChI=1S/C22H22N2O/c1-14-8-9-17-16-6-5-7-18(20(16)25-21(17)24-14)19-12-15(10-11-23-19)13-22(2,3)4/h5-12H,13H2,1-4H3/i1D3. The monoisotopic (exact) mass is 333 g/mol. The van der Waals surface area contributed by atoms with Gasteiger partial charge in [0.05, 0.1) is 5.69 Å². The zero-order chi connectivity index (χ0) is 20.1. The summed E-state index contributed by atoms with van der Waals surface area (Å²) >= 11 is 0. The van der Waals surface area contributed by atoms with Crippen molar-refractivity contribution in [3.05, 3.63) is 59.9 Å². The highest BCUT2D eigenvalue weighted by atomic mass is 16.3. The van der Waals surface area contributed by atoms with Gasteiger partial charge in [-0.1, -0.05) is 32.9 Å². The molecule has 0 aliphatic carbocycles. The largest absolute Gasteiger partial charge is 0.437 e. The molecule has 126 valence electrons. The van der Waals surface area contributed by atoms with Crippen LogP contribution in [0.3, 0.4) is 0 Å². The van der Waals surface area contributed by atoms with Crippen LogP contribution >= 0.6 is 0 Å². The number of furan rings is 1. The van der Waals surface area contributed by atoms with Crippen molar-refractivity contribution in [1.82, 2.24) is 9.97 Å². The zero-order valence-corrected chi connectivity index (χ0v) is 14.6. The van der Waals surface area contributed by atoms with Crippen LogP contribution in [0.15, 0.2) is 53.1 Å². The van der Waals surface area contributed by atoms with Crippen molar-refractivity contribution in [3.8, 4) is 11.3 Å². The second-order valence-electron chi connectivity index (χ2n) is 7.62. The van der Waals surface area contributed by atoms with E-state index in [9.17, 15) is 0 Å². The highest BCUT2D eigenvalue weighted by Gasteiger charge is 2.16. The number of para-hydroxylation sites is 1. The Hall–Kier alpha value is -2.68. The normalized spacial score (nSPS) is 14.4. The Morgan fingerprint density at radius 1 is 1.08 bits per heavy atom. The summed E-state index contributed by atoms with van der Waals surface area (Å²) in [6.45, 7) is 4.36. The van der Waals surface area contributed by atoms with Crippen molar-refractivity contribution in [2.45, 2.75) is 34.0 Å². The molecule has 0 radical (unpaired) electrons. The van der Waals surface area contributed by atoms with Crippen LogP contribution < -0.4 is 0 Å². The first kappa shape index (κ1) is 12.6. The first-order valence-electron chi connectivity index (χ1n) is 9.90. The van der Waals surface area contributed by atoms with Crippen LogP contribution in [-0.4, -0.2) is 9.97 Å². The Balaban J connectivity index is 1.88. The highest BCUT2D eigenvalue weighted by Crippen LogP contribution is 2.35. The fourth-order valence-electron chi connectivity index (χ4n) is 3.22. The molecule has 0 bridgehead atoms. The quantitative estimate of drug-likeness (QED) is 0.455. The lowest BCUT2D eigenvalue weighted by Gasteiger charge is -2.18. The van der Waals surface area contributed by atoms with Gasteiger partial charge in [0.2, 0.25) is 5.71 Å². The maximum Gasteiger partial charge on any atom is 0.227 e. The van der Waals surface area contributed by atoms with Gasteiger partial charge in [-0.2, -0.15) is 0 Å². The average Bonchev–Trinajstić information content (AvgIpc) is 2.97. The molecule has 0 spiro atoms. The van der Waals surface area contributed by atoms with Crippen molar-refractivity contribution >= 4 is 22.1 Å². The molecule has 0 aliphatic heterocycles. The van der Waals surface area contributed by atoms with Gasteiger partial charge in [0.25, 0.3) is 0 Å². The minimum Gasteiger partial charge on any atom is -0.437 e. The fourth-order valence-corrected chi connectivity index (χ4v) is 3.22. The SMILES string of the molecule is [2H]C([2H])([2H])c1ccc2c(n1)oc1c(-c3cc(CC(C)(C)C)ccn3)cccc12. The summed E-state index contributed by atoms with van der Waals surface area (Å²) in [6, 6.07) is 13.3. The van der Waals surface area contributed by atoms with E-state index in [1.165, 1.54) is 5.56 Å². The molecular formula is C22H22N2O. The molecule has 3 aromatic heterocycles. The number of fused-ring (bicyclic) bond motifs is 3. The molecule has 0 amide bonds. The summed E-state index contributed by atoms with van der Waals surface area (Å²) in [6.07, 6.45) is 2.77. The molecule has 0 saturated carbocycles. The number of nitrogens with zero attached hydrogens (tertiary/aromatic N) is 2. The Kier molecular flexibility index (Phi) is 2.88. The third-order valence-corrected chi connectivity index (χ3v) is 4.20.